The lowest BCUT2D eigenvalue weighted by Crippen LogP contribution is -2.30. The van der Waals surface area contributed by atoms with Gasteiger partial charge in [-0.3, -0.25) is 9.59 Å². The van der Waals surface area contributed by atoms with E-state index in [1.165, 1.54) is 38.3 Å². The Balaban J connectivity index is 1.59. The molecule has 1 aromatic heterocycles. The third-order valence-corrected chi connectivity index (χ3v) is 6.16. The molecule has 7 nitrogen and oxygen atoms in total. The Hall–Kier alpha value is -4.43. The van der Waals surface area contributed by atoms with Gasteiger partial charge in [-0.1, -0.05) is 42.1 Å². The van der Waals surface area contributed by atoms with Gasteiger partial charge >= 0.3 is 0 Å². The van der Waals surface area contributed by atoms with Crippen molar-refractivity contribution < 1.29 is 23.5 Å². The van der Waals surface area contributed by atoms with Crippen LogP contribution >= 0.6 is 11.8 Å². The summed E-state index contributed by atoms with van der Waals surface area (Å²) < 4.78 is 15.9. The van der Waals surface area contributed by atoms with E-state index in [2.05, 4.69) is 10.6 Å². The van der Waals surface area contributed by atoms with Crippen LogP contribution in [0.15, 0.2) is 111 Å². The molecular formula is C28H24N2O5S. The summed E-state index contributed by atoms with van der Waals surface area (Å²) in [6.45, 7) is 0. The third-order valence-electron chi connectivity index (χ3n) is 5.07. The molecule has 1 heterocycles. The number of hydrogen-bond donors (Lipinski definition) is 2. The van der Waals surface area contributed by atoms with Gasteiger partial charge in [-0.25, -0.2) is 0 Å². The fourth-order valence-corrected chi connectivity index (χ4v) is 4.23. The number of hydrogen-bond acceptors (Lipinski definition) is 6. The van der Waals surface area contributed by atoms with E-state index in [0.717, 1.165) is 9.79 Å². The molecule has 4 aromatic rings. The number of carbonyl (C=O) groups excluding carboxylic acids is 2. The lowest BCUT2D eigenvalue weighted by atomic mass is 10.1. The van der Waals surface area contributed by atoms with Crippen molar-refractivity contribution in [3.05, 3.63) is 108 Å². The average Bonchev–Trinajstić information content (AvgIpc) is 3.42. The molecular weight excluding hydrogens is 476 g/mol. The lowest BCUT2D eigenvalue weighted by molar-refractivity contribution is -0.113. The van der Waals surface area contributed by atoms with Crippen LogP contribution in [0.5, 0.6) is 11.5 Å². The summed E-state index contributed by atoms with van der Waals surface area (Å²) in [5, 5.41) is 5.61. The maximum absolute atomic E-state index is 13.3. The molecule has 0 spiro atoms. The zero-order valence-electron chi connectivity index (χ0n) is 19.7. The number of benzene rings is 3. The van der Waals surface area contributed by atoms with Gasteiger partial charge < -0.3 is 24.5 Å². The predicted octanol–water partition coefficient (Wildman–Crippen LogP) is 5.86. The fourth-order valence-electron chi connectivity index (χ4n) is 3.31. The molecule has 2 N–H and O–H groups in total. The molecule has 0 fully saturated rings. The van der Waals surface area contributed by atoms with Crippen LogP contribution in [0.2, 0.25) is 0 Å². The number of para-hydroxylation sites is 1. The van der Waals surface area contributed by atoms with Gasteiger partial charge in [-0.2, -0.15) is 0 Å². The molecule has 0 aliphatic rings. The van der Waals surface area contributed by atoms with Gasteiger partial charge in [-0.15, -0.1) is 0 Å². The highest BCUT2D eigenvalue weighted by molar-refractivity contribution is 7.99. The Morgan fingerprint density at radius 2 is 1.61 bits per heavy atom. The summed E-state index contributed by atoms with van der Waals surface area (Å²) in [7, 11) is 3.00. The second-order valence-corrected chi connectivity index (χ2v) is 8.58. The van der Waals surface area contributed by atoms with Gasteiger partial charge in [0.2, 0.25) is 0 Å². The van der Waals surface area contributed by atoms with Crippen LogP contribution in [-0.4, -0.2) is 26.0 Å². The number of furan rings is 1. The van der Waals surface area contributed by atoms with Crippen molar-refractivity contribution >= 4 is 35.3 Å². The highest BCUT2D eigenvalue weighted by atomic mass is 32.2. The smallest absolute Gasteiger partial charge is 0.272 e. The molecule has 0 atom stereocenters. The van der Waals surface area contributed by atoms with Gasteiger partial charge in [0.05, 0.1) is 26.2 Å². The molecule has 0 aliphatic heterocycles. The first-order valence-electron chi connectivity index (χ1n) is 11.0. The minimum Gasteiger partial charge on any atom is -0.493 e. The maximum atomic E-state index is 13.3. The first-order chi connectivity index (χ1) is 17.6. The van der Waals surface area contributed by atoms with Crippen LogP contribution in [0.25, 0.3) is 6.08 Å². The minimum atomic E-state index is -0.499. The SMILES string of the molecule is COc1ccc(C(=O)N/C(=C\c2ccco2)C(=O)Nc2ccccc2Sc2ccccc2)cc1OC. The molecule has 2 amide bonds. The molecule has 0 bridgehead atoms. The second-order valence-electron chi connectivity index (χ2n) is 7.46. The molecule has 0 aliphatic carbocycles. The summed E-state index contributed by atoms with van der Waals surface area (Å²) in [5.41, 5.74) is 0.928. The zero-order chi connectivity index (χ0) is 25.3. The van der Waals surface area contributed by atoms with Gasteiger partial charge in [0.15, 0.2) is 11.5 Å². The zero-order valence-corrected chi connectivity index (χ0v) is 20.5. The monoisotopic (exact) mass is 500 g/mol. The van der Waals surface area contributed by atoms with E-state index in [-0.39, 0.29) is 5.70 Å². The molecule has 0 saturated carbocycles. The molecule has 0 unspecified atom stereocenters. The van der Waals surface area contributed by atoms with Crippen LogP contribution in [-0.2, 0) is 4.79 Å². The van der Waals surface area contributed by atoms with Gasteiger partial charge in [0.1, 0.15) is 11.5 Å². The summed E-state index contributed by atoms with van der Waals surface area (Å²) in [4.78, 5) is 28.3. The summed E-state index contributed by atoms with van der Waals surface area (Å²) in [6.07, 6.45) is 2.96. The first-order valence-corrected chi connectivity index (χ1v) is 11.8. The number of methoxy groups -OCH3 is 2. The number of nitrogens with one attached hydrogen (secondary N) is 2. The van der Waals surface area contributed by atoms with Crippen molar-refractivity contribution in [3.63, 3.8) is 0 Å². The van der Waals surface area contributed by atoms with Crippen molar-refractivity contribution in [3.8, 4) is 11.5 Å². The van der Waals surface area contributed by atoms with E-state index < -0.39 is 11.8 Å². The van der Waals surface area contributed by atoms with Crippen molar-refractivity contribution in [1.29, 1.82) is 0 Å². The van der Waals surface area contributed by atoms with Gasteiger partial charge in [0, 0.05) is 21.4 Å². The van der Waals surface area contributed by atoms with Crippen LogP contribution in [0.3, 0.4) is 0 Å². The first kappa shape index (κ1) is 24.7. The van der Waals surface area contributed by atoms with E-state index in [9.17, 15) is 9.59 Å². The molecule has 3 aromatic carbocycles. The van der Waals surface area contributed by atoms with E-state index in [1.54, 1.807) is 30.3 Å². The molecule has 36 heavy (non-hydrogen) atoms. The Labute approximate surface area is 213 Å². The Morgan fingerprint density at radius 1 is 0.861 bits per heavy atom. The van der Waals surface area contributed by atoms with Crippen LogP contribution < -0.4 is 20.1 Å². The average molecular weight is 501 g/mol. The van der Waals surface area contributed by atoms with Crippen LogP contribution in [0.1, 0.15) is 16.1 Å². The molecule has 4 rings (SSSR count). The summed E-state index contributed by atoms with van der Waals surface area (Å²) in [5.74, 6) is 0.320. The normalized spacial score (nSPS) is 11.0. The summed E-state index contributed by atoms with van der Waals surface area (Å²) in [6, 6.07) is 25.5. The number of anilines is 1. The number of amides is 2. The maximum Gasteiger partial charge on any atom is 0.272 e. The van der Waals surface area contributed by atoms with Gasteiger partial charge in [0.25, 0.3) is 11.8 Å². The number of ether oxygens (including phenoxy) is 2. The Bertz CT molecular complexity index is 1370. The number of carbonyl (C=O) groups is 2. The van der Waals surface area contributed by atoms with E-state index in [1.807, 2.05) is 54.6 Å². The van der Waals surface area contributed by atoms with Crippen molar-refractivity contribution in [2.45, 2.75) is 9.79 Å². The van der Waals surface area contributed by atoms with Crippen molar-refractivity contribution in [2.24, 2.45) is 0 Å². The Kier molecular flexibility index (Phi) is 8.10. The fraction of sp³-hybridized carbons (Fsp3) is 0.0714. The summed E-state index contributed by atoms with van der Waals surface area (Å²) >= 11 is 1.53. The van der Waals surface area contributed by atoms with Gasteiger partial charge in [-0.05, 0) is 54.6 Å². The molecule has 0 saturated heterocycles. The van der Waals surface area contributed by atoms with Crippen molar-refractivity contribution in [2.75, 3.05) is 19.5 Å². The number of rotatable bonds is 9. The second kappa shape index (κ2) is 11.8. The quantitative estimate of drug-likeness (QED) is 0.280. The predicted molar refractivity (Wildman–Crippen MR) is 139 cm³/mol. The highest BCUT2D eigenvalue weighted by Gasteiger charge is 2.18. The van der Waals surface area contributed by atoms with E-state index in [4.69, 9.17) is 13.9 Å². The largest absolute Gasteiger partial charge is 0.493 e. The third kappa shape index (κ3) is 6.17. The minimum absolute atomic E-state index is 0.0178. The van der Waals surface area contributed by atoms with Crippen molar-refractivity contribution in [1.82, 2.24) is 5.32 Å². The van der Waals surface area contributed by atoms with E-state index >= 15 is 0 Å². The lowest BCUT2D eigenvalue weighted by Gasteiger charge is -2.14. The Morgan fingerprint density at radius 3 is 2.33 bits per heavy atom. The van der Waals surface area contributed by atoms with E-state index in [0.29, 0.717) is 28.5 Å². The van der Waals surface area contributed by atoms with Crippen LogP contribution in [0, 0.1) is 0 Å². The molecule has 8 heteroatoms. The van der Waals surface area contributed by atoms with Crippen LogP contribution in [0.4, 0.5) is 5.69 Å². The highest BCUT2D eigenvalue weighted by Crippen LogP contribution is 2.33. The topological polar surface area (TPSA) is 89.8 Å². The molecule has 0 radical (unpaired) electrons. The molecule has 182 valence electrons. The standard InChI is InChI=1S/C28H24N2O5S/c1-33-24-15-14-19(17-25(24)34-2)27(31)30-23(18-20-9-8-16-35-20)28(32)29-22-12-6-7-13-26(22)36-21-10-4-3-5-11-21/h3-18H,1-2H3,(H,29,32)(H,30,31)/b23-18-.